The van der Waals surface area contributed by atoms with Crippen LogP contribution in [0.2, 0.25) is 18.1 Å². The zero-order valence-corrected chi connectivity index (χ0v) is 22.6. The van der Waals surface area contributed by atoms with E-state index in [0.29, 0.717) is 0 Å². The summed E-state index contributed by atoms with van der Waals surface area (Å²) in [6.07, 6.45) is 18.5. The van der Waals surface area contributed by atoms with Crippen molar-refractivity contribution < 1.29 is 4.43 Å². The molecule has 0 aliphatic rings. The Kier molecular flexibility index (Phi) is 17.1. The molecule has 0 rings (SSSR count). The molecule has 0 aliphatic carbocycles. The van der Waals surface area contributed by atoms with Crippen LogP contribution in [0, 0.1) is 11.8 Å². The van der Waals surface area contributed by atoms with Crippen LogP contribution in [0.3, 0.4) is 0 Å². The summed E-state index contributed by atoms with van der Waals surface area (Å²) in [4.78, 5) is 0. The zero-order chi connectivity index (χ0) is 21.3. The van der Waals surface area contributed by atoms with Gasteiger partial charge >= 0.3 is 0 Å². The lowest BCUT2D eigenvalue weighted by Gasteiger charge is -2.38. The van der Waals surface area contributed by atoms with Gasteiger partial charge in [0.1, 0.15) is 6.10 Å². The first-order chi connectivity index (χ1) is 13.2. The lowest BCUT2D eigenvalue weighted by Crippen LogP contribution is -2.43. The third-order valence-corrected chi connectivity index (χ3v) is 11.1. The minimum absolute atomic E-state index is 0.144. The van der Waals surface area contributed by atoms with Gasteiger partial charge in [-0.25, -0.2) is 0 Å². The van der Waals surface area contributed by atoms with Gasteiger partial charge in [-0.1, -0.05) is 114 Å². The van der Waals surface area contributed by atoms with Crippen LogP contribution in [0.15, 0.2) is 0 Å². The lowest BCUT2D eigenvalue weighted by atomic mass is 10.1. The number of alkyl halides is 1. The van der Waals surface area contributed by atoms with Crippen molar-refractivity contribution in [3.05, 3.63) is 0 Å². The molecule has 0 aromatic rings. The second-order valence-electron chi connectivity index (χ2n) is 9.80. The maximum Gasteiger partial charge on any atom is 0.193 e. The van der Waals surface area contributed by atoms with Gasteiger partial charge in [-0.15, -0.1) is 5.92 Å². The van der Waals surface area contributed by atoms with Crippen LogP contribution in [0.5, 0.6) is 0 Å². The molecule has 0 saturated heterocycles. The van der Waals surface area contributed by atoms with Gasteiger partial charge in [-0.05, 0) is 37.4 Å². The van der Waals surface area contributed by atoms with Crippen molar-refractivity contribution in [3.8, 4) is 11.8 Å². The quantitative estimate of drug-likeness (QED) is 0.0939. The standard InChI is InChI=1S/C25H49BrOSi/c1-7-8-21-24(27-28(5,6)25(2,3)4)22-19-17-15-13-11-9-10-12-14-16-18-20-23-26/h24H,7-18,20-21,23H2,1-6H3. The summed E-state index contributed by atoms with van der Waals surface area (Å²) in [5.41, 5.74) is 0. The Morgan fingerprint density at radius 3 is 1.79 bits per heavy atom. The van der Waals surface area contributed by atoms with Gasteiger partial charge in [0.2, 0.25) is 0 Å². The molecule has 0 N–H and O–H groups in total. The molecule has 1 nitrogen and oxygen atoms in total. The molecule has 0 radical (unpaired) electrons. The summed E-state index contributed by atoms with van der Waals surface area (Å²) in [6, 6.07) is 0. The van der Waals surface area contributed by atoms with E-state index in [1.807, 2.05) is 0 Å². The predicted molar refractivity (Wildman–Crippen MR) is 134 cm³/mol. The molecule has 0 saturated carbocycles. The maximum atomic E-state index is 6.57. The Bertz CT molecular complexity index is 416. The van der Waals surface area contributed by atoms with Crippen molar-refractivity contribution in [3.63, 3.8) is 0 Å². The summed E-state index contributed by atoms with van der Waals surface area (Å²) >= 11 is 3.50. The number of halogens is 1. The molecular weight excluding hydrogens is 424 g/mol. The lowest BCUT2D eigenvalue weighted by molar-refractivity contribution is 0.220. The molecule has 0 heterocycles. The molecule has 28 heavy (non-hydrogen) atoms. The highest BCUT2D eigenvalue weighted by Crippen LogP contribution is 2.37. The first-order valence-electron chi connectivity index (χ1n) is 12.0. The van der Waals surface area contributed by atoms with Crippen LogP contribution in [-0.2, 0) is 4.43 Å². The third kappa shape index (κ3) is 15.1. The van der Waals surface area contributed by atoms with E-state index in [1.54, 1.807) is 0 Å². The van der Waals surface area contributed by atoms with Crippen molar-refractivity contribution in [1.29, 1.82) is 0 Å². The highest BCUT2D eigenvalue weighted by Gasteiger charge is 2.38. The van der Waals surface area contributed by atoms with Gasteiger partial charge in [-0.3, -0.25) is 0 Å². The van der Waals surface area contributed by atoms with E-state index < -0.39 is 8.32 Å². The monoisotopic (exact) mass is 472 g/mol. The van der Waals surface area contributed by atoms with Gasteiger partial charge < -0.3 is 4.43 Å². The molecule has 0 fully saturated rings. The SMILES string of the molecule is CCCCC(C#CCCCCCCCCCCCCBr)O[Si](C)(C)C(C)(C)C. The number of hydrogen-bond donors (Lipinski definition) is 0. The molecule has 1 unspecified atom stereocenters. The Balaban J connectivity index is 3.97. The summed E-state index contributed by atoms with van der Waals surface area (Å²) < 4.78 is 6.57. The van der Waals surface area contributed by atoms with Crippen molar-refractivity contribution >= 4 is 24.2 Å². The molecule has 166 valence electrons. The predicted octanol–water partition coefficient (Wildman–Crippen LogP) is 9.26. The average molecular weight is 474 g/mol. The summed E-state index contributed by atoms with van der Waals surface area (Å²) in [5.74, 6) is 6.92. The molecule has 3 heteroatoms. The van der Waals surface area contributed by atoms with Gasteiger partial charge in [-0.2, -0.15) is 0 Å². The fraction of sp³-hybridized carbons (Fsp3) is 0.920. The van der Waals surface area contributed by atoms with E-state index in [4.69, 9.17) is 4.43 Å². The highest BCUT2D eigenvalue weighted by atomic mass is 79.9. The van der Waals surface area contributed by atoms with Crippen LogP contribution in [0.25, 0.3) is 0 Å². The molecule has 0 amide bonds. The summed E-state index contributed by atoms with van der Waals surface area (Å²) in [6.45, 7) is 13.9. The van der Waals surface area contributed by atoms with E-state index in [0.717, 1.165) is 18.2 Å². The van der Waals surface area contributed by atoms with E-state index in [-0.39, 0.29) is 11.1 Å². The van der Waals surface area contributed by atoms with Gasteiger partial charge in [0.25, 0.3) is 0 Å². The van der Waals surface area contributed by atoms with Crippen molar-refractivity contribution in [2.45, 2.75) is 142 Å². The fourth-order valence-corrected chi connectivity index (χ4v) is 4.63. The number of rotatable bonds is 16. The molecule has 0 bridgehead atoms. The average Bonchev–Trinajstić information content (AvgIpc) is 2.62. The zero-order valence-electron chi connectivity index (χ0n) is 20.0. The van der Waals surface area contributed by atoms with Gasteiger partial charge in [0.15, 0.2) is 8.32 Å². The minimum atomic E-state index is -1.73. The first-order valence-corrected chi connectivity index (χ1v) is 16.0. The number of hydrogen-bond acceptors (Lipinski definition) is 1. The molecule has 0 aromatic carbocycles. The van der Waals surface area contributed by atoms with Crippen LogP contribution in [0.1, 0.15) is 118 Å². The molecular formula is C25H49BrOSi. The second kappa shape index (κ2) is 17.0. The second-order valence-corrected chi connectivity index (χ2v) is 15.4. The largest absolute Gasteiger partial charge is 0.403 e. The fourth-order valence-electron chi connectivity index (χ4n) is 2.99. The normalized spacial score (nSPS) is 13.2. The van der Waals surface area contributed by atoms with Crippen molar-refractivity contribution in [1.82, 2.24) is 0 Å². The third-order valence-electron chi connectivity index (χ3n) is 6.01. The van der Waals surface area contributed by atoms with Crippen molar-refractivity contribution in [2.75, 3.05) is 5.33 Å². The first kappa shape index (κ1) is 28.2. The van der Waals surface area contributed by atoms with Gasteiger partial charge in [0, 0.05) is 11.8 Å². The minimum Gasteiger partial charge on any atom is -0.403 e. The number of unbranched alkanes of at least 4 members (excludes halogenated alkanes) is 11. The summed E-state index contributed by atoms with van der Waals surface area (Å²) in [5, 5.41) is 1.42. The van der Waals surface area contributed by atoms with Crippen LogP contribution in [-0.4, -0.2) is 19.8 Å². The maximum absolute atomic E-state index is 6.57. The van der Waals surface area contributed by atoms with Crippen molar-refractivity contribution in [2.24, 2.45) is 0 Å². The van der Waals surface area contributed by atoms with Crippen LogP contribution >= 0.6 is 15.9 Å². The topological polar surface area (TPSA) is 9.23 Å². The highest BCUT2D eigenvalue weighted by molar-refractivity contribution is 9.09. The smallest absolute Gasteiger partial charge is 0.193 e. The van der Waals surface area contributed by atoms with Crippen LogP contribution < -0.4 is 0 Å². The van der Waals surface area contributed by atoms with E-state index in [1.165, 1.54) is 77.0 Å². The van der Waals surface area contributed by atoms with E-state index >= 15 is 0 Å². The van der Waals surface area contributed by atoms with E-state index in [9.17, 15) is 0 Å². The Morgan fingerprint density at radius 1 is 0.821 bits per heavy atom. The summed E-state index contributed by atoms with van der Waals surface area (Å²) in [7, 11) is -1.73. The Morgan fingerprint density at radius 2 is 1.32 bits per heavy atom. The Labute approximate surface area is 187 Å². The molecule has 1 atom stereocenters. The van der Waals surface area contributed by atoms with E-state index in [2.05, 4.69) is 68.6 Å². The molecule has 0 aliphatic heterocycles. The van der Waals surface area contributed by atoms with Gasteiger partial charge in [0.05, 0.1) is 0 Å². The molecule has 0 spiro atoms. The van der Waals surface area contributed by atoms with Crippen LogP contribution in [0.4, 0.5) is 0 Å². The Hall–Kier alpha value is 0.217. The molecule has 0 aromatic heterocycles.